The summed E-state index contributed by atoms with van der Waals surface area (Å²) in [6.07, 6.45) is 0. The molecule has 1 N–H and O–H groups in total. The molecule has 0 fully saturated rings. The van der Waals surface area contributed by atoms with E-state index in [-0.39, 0.29) is 11.6 Å². The van der Waals surface area contributed by atoms with Gasteiger partial charge in [-0.3, -0.25) is 4.57 Å². The van der Waals surface area contributed by atoms with Crippen LogP contribution in [0.2, 0.25) is 0 Å². The Morgan fingerprint density at radius 3 is 2.69 bits per heavy atom. The monoisotopic (exact) mass is 221 g/mol. The Kier molecular flexibility index (Phi) is 2.30. The van der Waals surface area contributed by atoms with Gasteiger partial charge in [-0.05, 0) is 32.0 Å². The molecule has 0 amide bonds. The molecule has 5 heteroatoms. The topological polar surface area (TPSA) is 72.4 Å². The van der Waals surface area contributed by atoms with Gasteiger partial charge in [-0.2, -0.15) is 0 Å². The lowest BCUT2D eigenvalue weighted by atomic mass is 10.2. The third-order valence-corrected chi connectivity index (χ3v) is 2.38. The number of aromatic nitrogens is 1. The van der Waals surface area contributed by atoms with E-state index in [9.17, 15) is 9.59 Å². The molecule has 16 heavy (non-hydrogen) atoms. The van der Waals surface area contributed by atoms with Crippen LogP contribution in [-0.2, 0) is 0 Å². The third kappa shape index (κ3) is 1.50. The SMILES string of the molecule is CC(C)n1c(=O)oc2cc(C(=O)O)ccc21. The van der Waals surface area contributed by atoms with E-state index >= 15 is 0 Å². The van der Waals surface area contributed by atoms with Gasteiger partial charge in [0.1, 0.15) is 0 Å². The van der Waals surface area contributed by atoms with E-state index in [0.717, 1.165) is 0 Å². The molecule has 1 heterocycles. The summed E-state index contributed by atoms with van der Waals surface area (Å²) in [7, 11) is 0. The summed E-state index contributed by atoms with van der Waals surface area (Å²) < 4.78 is 6.48. The third-order valence-electron chi connectivity index (χ3n) is 2.38. The van der Waals surface area contributed by atoms with Gasteiger partial charge in [0.2, 0.25) is 0 Å². The van der Waals surface area contributed by atoms with Crippen LogP contribution >= 0.6 is 0 Å². The average molecular weight is 221 g/mol. The maximum Gasteiger partial charge on any atom is 0.420 e. The standard InChI is InChI=1S/C11H11NO4/c1-6(2)12-8-4-3-7(10(13)14)5-9(8)16-11(12)15/h3-6H,1-2H3,(H,13,14). The smallest absolute Gasteiger partial charge is 0.420 e. The number of fused-ring (bicyclic) bond motifs is 1. The van der Waals surface area contributed by atoms with Gasteiger partial charge in [0.15, 0.2) is 5.58 Å². The van der Waals surface area contributed by atoms with Crippen LogP contribution in [0.5, 0.6) is 0 Å². The molecular formula is C11H11NO4. The van der Waals surface area contributed by atoms with Crippen molar-refractivity contribution in [2.75, 3.05) is 0 Å². The van der Waals surface area contributed by atoms with Gasteiger partial charge in [-0.25, -0.2) is 9.59 Å². The largest absolute Gasteiger partial charge is 0.478 e. The molecule has 0 spiro atoms. The number of hydrogen-bond donors (Lipinski definition) is 1. The maximum atomic E-state index is 11.5. The normalized spacial score (nSPS) is 11.2. The van der Waals surface area contributed by atoms with Gasteiger partial charge in [-0.15, -0.1) is 0 Å². The zero-order chi connectivity index (χ0) is 11.9. The summed E-state index contributed by atoms with van der Waals surface area (Å²) in [6.45, 7) is 3.73. The highest BCUT2D eigenvalue weighted by atomic mass is 16.4. The first kappa shape index (κ1) is 10.5. The van der Waals surface area contributed by atoms with Crippen LogP contribution in [0.4, 0.5) is 0 Å². The Balaban J connectivity index is 2.75. The molecule has 0 aliphatic rings. The van der Waals surface area contributed by atoms with Crippen molar-refractivity contribution in [2.24, 2.45) is 0 Å². The minimum Gasteiger partial charge on any atom is -0.478 e. The van der Waals surface area contributed by atoms with Crippen LogP contribution in [0.3, 0.4) is 0 Å². The minimum atomic E-state index is -1.04. The van der Waals surface area contributed by atoms with Crippen LogP contribution < -0.4 is 5.76 Å². The van der Waals surface area contributed by atoms with Gasteiger partial charge < -0.3 is 9.52 Å². The van der Waals surface area contributed by atoms with Crippen molar-refractivity contribution < 1.29 is 14.3 Å². The summed E-state index contributed by atoms with van der Waals surface area (Å²) in [5.41, 5.74) is 1.03. The van der Waals surface area contributed by atoms with E-state index in [0.29, 0.717) is 11.1 Å². The van der Waals surface area contributed by atoms with E-state index in [2.05, 4.69) is 0 Å². The van der Waals surface area contributed by atoms with Crippen LogP contribution in [0.25, 0.3) is 11.1 Å². The van der Waals surface area contributed by atoms with Gasteiger partial charge in [0.25, 0.3) is 0 Å². The highest BCUT2D eigenvalue weighted by Gasteiger charge is 2.13. The molecule has 1 aromatic heterocycles. The molecule has 0 radical (unpaired) electrons. The van der Waals surface area contributed by atoms with Gasteiger partial charge >= 0.3 is 11.7 Å². The fraction of sp³-hybridized carbons (Fsp3) is 0.273. The van der Waals surface area contributed by atoms with Crippen LogP contribution in [0.1, 0.15) is 30.2 Å². The van der Waals surface area contributed by atoms with Crippen molar-refractivity contribution in [2.45, 2.75) is 19.9 Å². The molecule has 1 aromatic carbocycles. The summed E-state index contributed by atoms with van der Waals surface area (Å²) in [6, 6.07) is 4.38. The predicted octanol–water partition coefficient (Wildman–Crippen LogP) is 1.87. The first-order chi connectivity index (χ1) is 7.50. The van der Waals surface area contributed by atoms with Crippen LogP contribution in [0.15, 0.2) is 27.4 Å². The lowest BCUT2D eigenvalue weighted by molar-refractivity contribution is 0.0697. The van der Waals surface area contributed by atoms with E-state index in [1.54, 1.807) is 6.07 Å². The predicted molar refractivity (Wildman–Crippen MR) is 57.8 cm³/mol. The lowest BCUT2D eigenvalue weighted by Crippen LogP contribution is -2.15. The fourth-order valence-corrected chi connectivity index (χ4v) is 1.66. The fourth-order valence-electron chi connectivity index (χ4n) is 1.66. The molecule has 0 unspecified atom stereocenters. The van der Waals surface area contributed by atoms with Crippen molar-refractivity contribution in [1.29, 1.82) is 0 Å². The summed E-state index contributed by atoms with van der Waals surface area (Å²) >= 11 is 0. The van der Waals surface area contributed by atoms with Crippen LogP contribution in [-0.4, -0.2) is 15.6 Å². The molecule has 5 nitrogen and oxygen atoms in total. The van der Waals surface area contributed by atoms with Gasteiger partial charge in [0.05, 0.1) is 11.1 Å². The molecule has 84 valence electrons. The molecular weight excluding hydrogens is 210 g/mol. The number of rotatable bonds is 2. The van der Waals surface area contributed by atoms with Gasteiger partial charge in [0, 0.05) is 6.04 Å². The Bertz CT molecular complexity index is 606. The van der Waals surface area contributed by atoms with E-state index in [1.165, 1.54) is 16.7 Å². The van der Waals surface area contributed by atoms with Crippen molar-refractivity contribution in [3.8, 4) is 0 Å². The number of carboxylic acids is 1. The number of carboxylic acid groups (broad SMARTS) is 1. The lowest BCUT2D eigenvalue weighted by Gasteiger charge is -2.04. The molecule has 0 bridgehead atoms. The molecule has 0 atom stereocenters. The van der Waals surface area contributed by atoms with E-state index < -0.39 is 11.7 Å². The van der Waals surface area contributed by atoms with Crippen molar-refractivity contribution in [3.05, 3.63) is 34.3 Å². The maximum absolute atomic E-state index is 11.5. The van der Waals surface area contributed by atoms with E-state index in [4.69, 9.17) is 9.52 Å². The quantitative estimate of drug-likeness (QED) is 0.840. The highest BCUT2D eigenvalue weighted by molar-refractivity contribution is 5.91. The second kappa shape index (κ2) is 3.52. The number of nitrogens with zero attached hydrogens (tertiary/aromatic N) is 1. The summed E-state index contributed by atoms with van der Waals surface area (Å²) in [4.78, 5) is 22.3. The number of aromatic carboxylic acids is 1. The number of hydrogen-bond acceptors (Lipinski definition) is 3. The Morgan fingerprint density at radius 2 is 2.12 bits per heavy atom. The number of oxazole rings is 1. The number of benzene rings is 1. The Morgan fingerprint density at radius 1 is 1.44 bits per heavy atom. The average Bonchev–Trinajstić information content (AvgIpc) is 2.51. The van der Waals surface area contributed by atoms with Crippen molar-refractivity contribution >= 4 is 17.1 Å². The van der Waals surface area contributed by atoms with Crippen molar-refractivity contribution in [1.82, 2.24) is 4.57 Å². The molecule has 0 saturated heterocycles. The molecule has 0 saturated carbocycles. The minimum absolute atomic E-state index is 0.0237. The van der Waals surface area contributed by atoms with Gasteiger partial charge in [-0.1, -0.05) is 0 Å². The first-order valence-electron chi connectivity index (χ1n) is 4.89. The summed E-state index contributed by atoms with van der Waals surface area (Å²) in [5, 5.41) is 8.80. The Labute approximate surface area is 90.9 Å². The molecule has 2 aromatic rings. The van der Waals surface area contributed by atoms with E-state index in [1.807, 2.05) is 13.8 Å². The molecule has 0 aliphatic carbocycles. The summed E-state index contributed by atoms with van der Waals surface area (Å²) in [5.74, 6) is -1.51. The zero-order valence-electron chi connectivity index (χ0n) is 8.93. The highest BCUT2D eigenvalue weighted by Crippen LogP contribution is 2.18. The van der Waals surface area contributed by atoms with Crippen LogP contribution in [0, 0.1) is 0 Å². The Hall–Kier alpha value is -2.04. The van der Waals surface area contributed by atoms with Crippen molar-refractivity contribution in [3.63, 3.8) is 0 Å². The second-order valence-electron chi connectivity index (χ2n) is 3.82. The number of carbonyl (C=O) groups is 1. The molecule has 0 aliphatic heterocycles. The zero-order valence-corrected chi connectivity index (χ0v) is 8.93. The second-order valence-corrected chi connectivity index (χ2v) is 3.82. The molecule has 2 rings (SSSR count). The first-order valence-corrected chi connectivity index (χ1v) is 4.89.